The maximum Gasteiger partial charge on any atom is 0.306 e. The Kier molecular flexibility index (Phi) is 8.18. The van der Waals surface area contributed by atoms with Crippen LogP contribution in [0.5, 0.6) is 23.0 Å². The highest BCUT2D eigenvalue weighted by atomic mass is 32.2. The Hall–Kier alpha value is -3.72. The van der Waals surface area contributed by atoms with Gasteiger partial charge in [0.05, 0.1) is 32.5 Å². The second kappa shape index (κ2) is 11.6. The molecule has 0 radical (unpaired) electrons. The summed E-state index contributed by atoms with van der Waals surface area (Å²) in [5.41, 5.74) is 4.71. The van der Waals surface area contributed by atoms with Gasteiger partial charge < -0.3 is 23.7 Å². The number of hydrogen-bond acceptors (Lipinski definition) is 8. The topological polar surface area (TPSA) is 97.4 Å². The summed E-state index contributed by atoms with van der Waals surface area (Å²) in [5, 5.41) is 0. The molecule has 2 heterocycles. The third kappa shape index (κ3) is 7.14. The molecule has 0 fully saturated rings. The highest BCUT2D eigenvalue weighted by Crippen LogP contribution is 2.42. The summed E-state index contributed by atoms with van der Waals surface area (Å²) < 4.78 is 51.9. The van der Waals surface area contributed by atoms with Crippen LogP contribution < -0.4 is 18.9 Å². The average Bonchev–Trinajstić information content (AvgIpc) is 3.26. The van der Waals surface area contributed by atoms with Crippen LogP contribution in [-0.4, -0.2) is 52.3 Å². The van der Waals surface area contributed by atoms with Gasteiger partial charge in [0.2, 0.25) is 0 Å². The van der Waals surface area contributed by atoms with Crippen molar-refractivity contribution in [1.82, 2.24) is 0 Å². The van der Waals surface area contributed by atoms with Gasteiger partial charge in [-0.05, 0) is 67.3 Å². The molecule has 0 unspecified atom stereocenters. The fourth-order valence-corrected chi connectivity index (χ4v) is 5.95. The van der Waals surface area contributed by atoms with Crippen molar-refractivity contribution < 1.29 is 36.9 Å². The highest BCUT2D eigenvalue weighted by molar-refractivity contribution is 7.90. The maximum atomic E-state index is 11.7. The molecule has 3 aromatic rings. The minimum atomic E-state index is -3.01. The maximum absolute atomic E-state index is 11.7. The van der Waals surface area contributed by atoms with Gasteiger partial charge in [0.1, 0.15) is 45.0 Å². The predicted octanol–water partition coefficient (Wildman–Crippen LogP) is 5.50. The predicted molar refractivity (Wildman–Crippen MR) is 156 cm³/mol. The van der Waals surface area contributed by atoms with Crippen molar-refractivity contribution in [2.45, 2.75) is 51.2 Å². The first-order valence-corrected chi connectivity index (χ1v) is 15.8. The number of carbonyl (C=O) groups excluding carboxylic acids is 1. The molecule has 2 aliphatic rings. The third-order valence-electron chi connectivity index (χ3n) is 7.25. The smallest absolute Gasteiger partial charge is 0.306 e. The number of carbonyl (C=O) groups is 1. The number of fused-ring (bicyclic) bond motifs is 4. The molecule has 0 saturated carbocycles. The second-order valence-corrected chi connectivity index (χ2v) is 13.6. The zero-order valence-electron chi connectivity index (χ0n) is 23.9. The van der Waals surface area contributed by atoms with Gasteiger partial charge in [-0.2, -0.15) is 0 Å². The van der Waals surface area contributed by atoms with Crippen LogP contribution in [0.3, 0.4) is 0 Å². The van der Waals surface area contributed by atoms with E-state index in [9.17, 15) is 13.2 Å². The van der Waals surface area contributed by atoms with E-state index in [1.807, 2.05) is 48.5 Å². The summed E-state index contributed by atoms with van der Waals surface area (Å²) in [6.07, 6.45) is 2.66. The van der Waals surface area contributed by atoms with Crippen molar-refractivity contribution in [3.8, 4) is 34.1 Å². The molecule has 0 saturated heterocycles. The SMILES string of the molecule is COC(=O)C[C@@H]1COc2cc(OCc3ccc4c(c3)-c3ccc(OCCCS(C)(=O)=O)cc3CC(C)(C)O4)ccc21. The van der Waals surface area contributed by atoms with Gasteiger partial charge in [0.15, 0.2) is 0 Å². The van der Waals surface area contributed by atoms with E-state index in [1.54, 1.807) is 0 Å². The van der Waals surface area contributed by atoms with Crippen LogP contribution in [0.25, 0.3) is 11.1 Å². The Morgan fingerprint density at radius 2 is 1.76 bits per heavy atom. The molecule has 3 aromatic carbocycles. The van der Waals surface area contributed by atoms with Crippen molar-refractivity contribution in [3.63, 3.8) is 0 Å². The number of hydrogen-bond donors (Lipinski definition) is 0. The lowest BCUT2D eigenvalue weighted by molar-refractivity contribution is -0.141. The molecular weight excluding hydrogens is 544 g/mol. The third-order valence-corrected chi connectivity index (χ3v) is 8.28. The van der Waals surface area contributed by atoms with Crippen LogP contribution in [0, 0.1) is 0 Å². The van der Waals surface area contributed by atoms with E-state index >= 15 is 0 Å². The Labute approximate surface area is 241 Å². The number of rotatable bonds is 10. The van der Waals surface area contributed by atoms with E-state index in [2.05, 4.69) is 19.9 Å². The number of methoxy groups -OCH3 is 1. The lowest BCUT2D eigenvalue weighted by atomic mass is 9.92. The minimum Gasteiger partial charge on any atom is -0.494 e. The molecule has 1 atom stereocenters. The molecule has 5 rings (SSSR count). The lowest BCUT2D eigenvalue weighted by Crippen LogP contribution is -2.30. The van der Waals surface area contributed by atoms with Crippen molar-refractivity contribution in [2.24, 2.45) is 0 Å². The minimum absolute atomic E-state index is 0.0150. The van der Waals surface area contributed by atoms with Crippen LogP contribution in [0.1, 0.15) is 49.3 Å². The van der Waals surface area contributed by atoms with E-state index in [1.165, 1.54) is 13.4 Å². The Morgan fingerprint density at radius 3 is 2.54 bits per heavy atom. The standard InChI is InChI=1S/C32H36O8S/c1-32(2)18-22-15-24(37-12-5-13-41(4,34)35)7-9-26(22)28-14-21(6-11-29(28)40-32)19-38-25-8-10-27-23(16-31(33)36-3)20-39-30(27)17-25/h6-11,14-15,17,23H,5,12-13,16,18-20H2,1-4H3/t23-/m1/s1. The Bertz CT molecular complexity index is 1540. The second-order valence-electron chi connectivity index (χ2n) is 11.3. The van der Waals surface area contributed by atoms with E-state index in [-0.39, 0.29) is 24.1 Å². The Balaban J connectivity index is 1.31. The van der Waals surface area contributed by atoms with Gasteiger partial charge >= 0.3 is 5.97 Å². The van der Waals surface area contributed by atoms with Crippen molar-refractivity contribution >= 4 is 15.8 Å². The molecule has 0 bridgehead atoms. The number of ether oxygens (including phenoxy) is 5. The van der Waals surface area contributed by atoms with Gasteiger partial charge in [0.25, 0.3) is 0 Å². The van der Waals surface area contributed by atoms with E-state index < -0.39 is 15.4 Å². The fraction of sp³-hybridized carbons (Fsp3) is 0.406. The van der Waals surface area contributed by atoms with Gasteiger partial charge in [-0.15, -0.1) is 0 Å². The average molecular weight is 581 g/mol. The van der Waals surface area contributed by atoms with Gasteiger partial charge in [0, 0.05) is 35.8 Å². The van der Waals surface area contributed by atoms with E-state index in [0.717, 1.165) is 39.3 Å². The van der Waals surface area contributed by atoms with E-state index in [0.29, 0.717) is 44.2 Å². The number of esters is 1. The van der Waals surface area contributed by atoms with Crippen LogP contribution in [0.15, 0.2) is 54.6 Å². The summed E-state index contributed by atoms with van der Waals surface area (Å²) in [5.74, 6) is 2.78. The summed E-state index contributed by atoms with van der Waals surface area (Å²) >= 11 is 0. The largest absolute Gasteiger partial charge is 0.494 e. The molecule has 0 aliphatic carbocycles. The first-order chi connectivity index (χ1) is 19.5. The summed E-state index contributed by atoms with van der Waals surface area (Å²) in [6, 6.07) is 17.8. The summed E-state index contributed by atoms with van der Waals surface area (Å²) in [6.45, 7) is 5.27. The fourth-order valence-electron chi connectivity index (χ4n) is 5.31. The van der Waals surface area contributed by atoms with Crippen molar-refractivity contribution in [2.75, 3.05) is 32.3 Å². The van der Waals surface area contributed by atoms with Gasteiger partial charge in [-0.3, -0.25) is 4.79 Å². The van der Waals surface area contributed by atoms with E-state index in [4.69, 9.17) is 23.7 Å². The molecule has 2 aliphatic heterocycles. The van der Waals surface area contributed by atoms with Gasteiger partial charge in [-0.1, -0.05) is 18.2 Å². The number of benzene rings is 3. The molecule has 218 valence electrons. The molecule has 41 heavy (non-hydrogen) atoms. The molecule has 9 heteroatoms. The van der Waals surface area contributed by atoms with Crippen molar-refractivity contribution in [1.29, 1.82) is 0 Å². The Morgan fingerprint density at radius 1 is 0.976 bits per heavy atom. The first-order valence-electron chi connectivity index (χ1n) is 13.7. The van der Waals surface area contributed by atoms with Gasteiger partial charge in [-0.25, -0.2) is 8.42 Å². The zero-order valence-corrected chi connectivity index (χ0v) is 24.7. The summed E-state index contributed by atoms with van der Waals surface area (Å²) in [4.78, 5) is 11.7. The molecule has 0 amide bonds. The molecule has 0 spiro atoms. The molecular formula is C32H36O8S. The van der Waals surface area contributed by atoms with Crippen molar-refractivity contribution in [3.05, 3.63) is 71.3 Å². The lowest BCUT2D eigenvalue weighted by Gasteiger charge is -2.25. The number of sulfone groups is 1. The molecule has 0 N–H and O–H groups in total. The normalized spacial score (nSPS) is 16.7. The van der Waals surface area contributed by atoms with Crippen LogP contribution in [0.4, 0.5) is 0 Å². The zero-order chi connectivity index (χ0) is 29.2. The summed E-state index contributed by atoms with van der Waals surface area (Å²) in [7, 11) is -1.62. The monoisotopic (exact) mass is 580 g/mol. The quantitative estimate of drug-likeness (QED) is 0.229. The molecule has 8 nitrogen and oxygen atoms in total. The highest BCUT2D eigenvalue weighted by Gasteiger charge is 2.29. The first kappa shape index (κ1) is 28.8. The van der Waals surface area contributed by atoms with Crippen LogP contribution >= 0.6 is 0 Å². The molecule has 0 aromatic heterocycles. The van der Waals surface area contributed by atoms with Crippen LogP contribution in [-0.2, 0) is 32.4 Å². The van der Waals surface area contributed by atoms with Crippen LogP contribution in [0.2, 0.25) is 0 Å².